The molecular weight excluding hydrogens is 398 g/mol. The van der Waals surface area contributed by atoms with Crippen molar-refractivity contribution in [2.45, 2.75) is 25.8 Å². The molecular formula is C23H27N3O3S. The van der Waals surface area contributed by atoms with Gasteiger partial charge in [0.2, 0.25) is 5.91 Å². The third-order valence-corrected chi connectivity index (χ3v) is 6.55. The molecule has 2 aromatic carbocycles. The SMILES string of the molecule is COc1cc2c(cc1OC)CN(CCNC(=O)CCc1nc3ccccc3s1)CC2. The average Bonchev–Trinajstić information content (AvgIpc) is 3.19. The van der Waals surface area contributed by atoms with Crippen LogP contribution in [0.15, 0.2) is 36.4 Å². The number of thiazole rings is 1. The fourth-order valence-corrected chi connectivity index (χ4v) is 4.79. The Morgan fingerprint density at radius 3 is 2.70 bits per heavy atom. The van der Waals surface area contributed by atoms with E-state index in [9.17, 15) is 4.79 Å². The first-order valence-electron chi connectivity index (χ1n) is 10.2. The molecule has 7 heteroatoms. The molecule has 4 rings (SSSR count). The van der Waals surface area contributed by atoms with Crippen LogP contribution in [0.1, 0.15) is 22.6 Å². The Kier molecular flexibility index (Phi) is 6.50. The number of ether oxygens (including phenoxy) is 2. The lowest BCUT2D eigenvalue weighted by Gasteiger charge is -2.29. The van der Waals surface area contributed by atoms with Gasteiger partial charge in [-0.1, -0.05) is 12.1 Å². The Morgan fingerprint density at radius 2 is 1.93 bits per heavy atom. The highest BCUT2D eigenvalue weighted by Crippen LogP contribution is 2.33. The number of rotatable bonds is 8. The van der Waals surface area contributed by atoms with Gasteiger partial charge >= 0.3 is 0 Å². The largest absolute Gasteiger partial charge is 0.493 e. The number of hydrogen-bond acceptors (Lipinski definition) is 6. The Balaban J connectivity index is 1.23. The molecule has 0 unspecified atom stereocenters. The smallest absolute Gasteiger partial charge is 0.220 e. The molecule has 1 aliphatic heterocycles. The monoisotopic (exact) mass is 425 g/mol. The molecule has 0 aliphatic carbocycles. The normalized spacial score (nSPS) is 13.8. The molecule has 1 amide bonds. The summed E-state index contributed by atoms with van der Waals surface area (Å²) < 4.78 is 12.0. The Labute approximate surface area is 180 Å². The van der Waals surface area contributed by atoms with E-state index in [4.69, 9.17) is 9.47 Å². The van der Waals surface area contributed by atoms with Gasteiger partial charge in [-0.3, -0.25) is 9.69 Å². The number of nitrogens with one attached hydrogen (secondary N) is 1. The number of amides is 1. The van der Waals surface area contributed by atoms with Crippen molar-refractivity contribution >= 4 is 27.5 Å². The molecule has 0 bridgehead atoms. The summed E-state index contributed by atoms with van der Waals surface area (Å²) in [5.41, 5.74) is 3.59. The van der Waals surface area contributed by atoms with Crippen molar-refractivity contribution in [3.8, 4) is 11.5 Å². The van der Waals surface area contributed by atoms with Gasteiger partial charge in [-0.2, -0.15) is 0 Å². The second-order valence-electron chi connectivity index (χ2n) is 7.43. The molecule has 0 saturated heterocycles. The van der Waals surface area contributed by atoms with E-state index in [1.54, 1.807) is 25.6 Å². The zero-order chi connectivity index (χ0) is 20.9. The summed E-state index contributed by atoms with van der Waals surface area (Å²) in [5, 5.41) is 4.07. The van der Waals surface area contributed by atoms with E-state index in [1.165, 1.54) is 15.8 Å². The van der Waals surface area contributed by atoms with Gasteiger partial charge in [0.25, 0.3) is 0 Å². The molecule has 0 atom stereocenters. The standard InChI is InChI=1S/C23H27N3O3S/c1-28-19-13-16-9-11-26(15-17(16)14-20(19)29-2)12-10-24-22(27)7-8-23-25-18-5-3-4-6-21(18)30-23/h3-6,13-14H,7-12,15H2,1-2H3,(H,24,27). The molecule has 30 heavy (non-hydrogen) atoms. The number of carbonyl (C=O) groups excluding carboxylic acids is 1. The van der Waals surface area contributed by atoms with Crippen LogP contribution in [0.3, 0.4) is 0 Å². The van der Waals surface area contributed by atoms with Crippen LogP contribution in [0.2, 0.25) is 0 Å². The molecule has 0 spiro atoms. The summed E-state index contributed by atoms with van der Waals surface area (Å²) in [6.07, 6.45) is 2.13. The van der Waals surface area contributed by atoms with Crippen molar-refractivity contribution in [1.29, 1.82) is 0 Å². The van der Waals surface area contributed by atoms with E-state index >= 15 is 0 Å². The maximum Gasteiger partial charge on any atom is 0.220 e. The van der Waals surface area contributed by atoms with Crippen LogP contribution in [0, 0.1) is 0 Å². The van der Waals surface area contributed by atoms with E-state index in [-0.39, 0.29) is 5.91 Å². The minimum atomic E-state index is 0.0815. The van der Waals surface area contributed by atoms with Crippen LogP contribution in [0.4, 0.5) is 0 Å². The van der Waals surface area contributed by atoms with Gasteiger partial charge in [-0.25, -0.2) is 4.98 Å². The predicted octanol–water partition coefficient (Wildman–Crippen LogP) is 3.42. The van der Waals surface area contributed by atoms with Gasteiger partial charge in [-0.15, -0.1) is 11.3 Å². The lowest BCUT2D eigenvalue weighted by atomic mass is 9.99. The second-order valence-corrected chi connectivity index (χ2v) is 8.54. The minimum Gasteiger partial charge on any atom is -0.493 e. The van der Waals surface area contributed by atoms with E-state index in [0.717, 1.165) is 48.1 Å². The summed E-state index contributed by atoms with van der Waals surface area (Å²) in [6.45, 7) is 3.32. The molecule has 1 N–H and O–H groups in total. The van der Waals surface area contributed by atoms with Gasteiger partial charge in [0.15, 0.2) is 11.5 Å². The van der Waals surface area contributed by atoms with E-state index < -0.39 is 0 Å². The first kappa shape index (κ1) is 20.6. The van der Waals surface area contributed by atoms with Crippen molar-refractivity contribution in [2.24, 2.45) is 0 Å². The number of carbonyl (C=O) groups is 1. The van der Waals surface area contributed by atoms with Crippen molar-refractivity contribution in [3.63, 3.8) is 0 Å². The number of hydrogen-bond donors (Lipinski definition) is 1. The molecule has 6 nitrogen and oxygen atoms in total. The van der Waals surface area contributed by atoms with Crippen LogP contribution >= 0.6 is 11.3 Å². The van der Waals surface area contributed by atoms with Crippen LogP contribution in [-0.2, 0) is 24.2 Å². The predicted molar refractivity (Wildman–Crippen MR) is 119 cm³/mol. The highest BCUT2D eigenvalue weighted by Gasteiger charge is 2.19. The Bertz CT molecular complexity index is 1000. The number of para-hydroxylation sites is 1. The van der Waals surface area contributed by atoms with E-state index in [2.05, 4.69) is 33.4 Å². The van der Waals surface area contributed by atoms with Crippen molar-refractivity contribution in [3.05, 3.63) is 52.5 Å². The number of aromatic nitrogens is 1. The Hall–Kier alpha value is -2.64. The summed E-state index contributed by atoms with van der Waals surface area (Å²) in [6, 6.07) is 12.2. The number of benzene rings is 2. The Morgan fingerprint density at radius 1 is 1.17 bits per heavy atom. The molecule has 1 aromatic heterocycles. The maximum absolute atomic E-state index is 12.2. The van der Waals surface area contributed by atoms with E-state index in [0.29, 0.717) is 19.4 Å². The van der Waals surface area contributed by atoms with Crippen LogP contribution in [-0.4, -0.2) is 49.6 Å². The van der Waals surface area contributed by atoms with Gasteiger partial charge in [0.05, 0.1) is 29.4 Å². The number of methoxy groups -OCH3 is 2. The number of nitrogens with zero attached hydrogens (tertiary/aromatic N) is 2. The van der Waals surface area contributed by atoms with Crippen LogP contribution < -0.4 is 14.8 Å². The summed E-state index contributed by atoms with van der Waals surface area (Å²) in [7, 11) is 3.33. The molecule has 0 fully saturated rings. The fraction of sp³-hybridized carbons (Fsp3) is 0.391. The third kappa shape index (κ3) is 4.74. The molecule has 1 aliphatic rings. The number of aryl methyl sites for hydroxylation is 1. The topological polar surface area (TPSA) is 63.7 Å². The average molecular weight is 426 g/mol. The van der Waals surface area contributed by atoms with Gasteiger partial charge in [-0.05, 0) is 41.8 Å². The van der Waals surface area contributed by atoms with Gasteiger partial charge in [0, 0.05) is 39.0 Å². The molecule has 158 valence electrons. The zero-order valence-corrected chi connectivity index (χ0v) is 18.3. The summed E-state index contributed by atoms with van der Waals surface area (Å²) in [5.74, 6) is 1.63. The first-order valence-corrected chi connectivity index (χ1v) is 11.0. The molecule has 0 radical (unpaired) electrons. The van der Waals surface area contributed by atoms with Crippen molar-refractivity contribution in [1.82, 2.24) is 15.2 Å². The van der Waals surface area contributed by atoms with Crippen molar-refractivity contribution < 1.29 is 14.3 Å². The number of fused-ring (bicyclic) bond motifs is 2. The maximum atomic E-state index is 12.2. The first-order chi connectivity index (χ1) is 14.7. The van der Waals surface area contributed by atoms with Gasteiger partial charge < -0.3 is 14.8 Å². The highest BCUT2D eigenvalue weighted by atomic mass is 32.1. The minimum absolute atomic E-state index is 0.0815. The molecule has 2 heterocycles. The lowest BCUT2D eigenvalue weighted by Crippen LogP contribution is -2.37. The highest BCUT2D eigenvalue weighted by molar-refractivity contribution is 7.18. The lowest BCUT2D eigenvalue weighted by molar-refractivity contribution is -0.121. The third-order valence-electron chi connectivity index (χ3n) is 5.45. The zero-order valence-electron chi connectivity index (χ0n) is 17.4. The van der Waals surface area contributed by atoms with Crippen LogP contribution in [0.5, 0.6) is 11.5 Å². The molecule has 3 aromatic rings. The summed E-state index contributed by atoms with van der Waals surface area (Å²) >= 11 is 1.67. The second kappa shape index (κ2) is 9.45. The van der Waals surface area contributed by atoms with Gasteiger partial charge in [0.1, 0.15) is 0 Å². The van der Waals surface area contributed by atoms with Crippen molar-refractivity contribution in [2.75, 3.05) is 33.9 Å². The van der Waals surface area contributed by atoms with Crippen LogP contribution in [0.25, 0.3) is 10.2 Å². The van der Waals surface area contributed by atoms with E-state index in [1.807, 2.05) is 18.2 Å². The fourth-order valence-electron chi connectivity index (χ4n) is 3.82. The molecule has 0 saturated carbocycles. The quantitative estimate of drug-likeness (QED) is 0.599. The summed E-state index contributed by atoms with van der Waals surface area (Å²) in [4.78, 5) is 19.2.